The molecule has 0 heterocycles. The largest absolute Gasteiger partial charge is 0.385 e. The van der Waals surface area contributed by atoms with E-state index in [1.165, 1.54) is 5.90 Å². The van der Waals surface area contributed by atoms with Gasteiger partial charge in [0.1, 0.15) is 0 Å². The van der Waals surface area contributed by atoms with Crippen LogP contribution in [0.4, 0.5) is 0 Å². The van der Waals surface area contributed by atoms with E-state index in [-0.39, 0.29) is 16.9 Å². The van der Waals surface area contributed by atoms with Crippen molar-refractivity contribution < 1.29 is 4.79 Å². The smallest absolute Gasteiger partial charge is 0.222 e. The molecule has 0 spiro atoms. The zero-order chi connectivity index (χ0) is 16.0. The predicted octanol–water partition coefficient (Wildman–Crippen LogP) is 3.66. The summed E-state index contributed by atoms with van der Waals surface area (Å²) in [5, 5.41) is 3.46. The van der Waals surface area contributed by atoms with Crippen LogP contribution in [0.3, 0.4) is 0 Å². The van der Waals surface area contributed by atoms with E-state index in [9.17, 15) is 4.79 Å². The summed E-state index contributed by atoms with van der Waals surface area (Å²) in [6.07, 6.45) is 1.53. The highest BCUT2D eigenvalue weighted by Gasteiger charge is 2.43. The van der Waals surface area contributed by atoms with Gasteiger partial charge in [-0.25, -0.2) is 0 Å². The van der Waals surface area contributed by atoms with Crippen LogP contribution in [-0.2, 0) is 4.79 Å². The first-order valence-electron chi connectivity index (χ1n) is 7.18. The SMILES string of the molecule is C=C(NCPCPC)C(C)(C)C(C)(C)N(C)C(=O)CC. The number of nitrogens with zero attached hydrogens (tertiary/aromatic N) is 1. The van der Waals surface area contributed by atoms with Gasteiger partial charge in [0.15, 0.2) is 0 Å². The molecule has 2 unspecified atom stereocenters. The molecule has 20 heavy (non-hydrogen) atoms. The van der Waals surface area contributed by atoms with Crippen LogP contribution in [0, 0.1) is 5.41 Å². The van der Waals surface area contributed by atoms with Crippen molar-refractivity contribution in [1.29, 1.82) is 0 Å². The van der Waals surface area contributed by atoms with Gasteiger partial charge in [-0.2, -0.15) is 0 Å². The van der Waals surface area contributed by atoms with E-state index >= 15 is 0 Å². The molecular weight excluding hydrogens is 286 g/mol. The second-order valence-corrected chi connectivity index (χ2v) is 9.08. The van der Waals surface area contributed by atoms with Gasteiger partial charge in [0.25, 0.3) is 0 Å². The molecule has 0 aliphatic rings. The van der Waals surface area contributed by atoms with Crippen molar-refractivity contribution >= 4 is 23.1 Å². The summed E-state index contributed by atoms with van der Waals surface area (Å²) in [4.78, 5) is 13.9. The molecule has 3 nitrogen and oxygen atoms in total. The number of hydrogen-bond acceptors (Lipinski definition) is 2. The highest BCUT2D eigenvalue weighted by molar-refractivity contribution is 7.55. The van der Waals surface area contributed by atoms with Gasteiger partial charge >= 0.3 is 0 Å². The van der Waals surface area contributed by atoms with Crippen molar-refractivity contribution in [3.63, 3.8) is 0 Å². The Morgan fingerprint density at radius 2 is 1.85 bits per heavy atom. The van der Waals surface area contributed by atoms with Gasteiger partial charge in [0.05, 0.1) is 0 Å². The quantitative estimate of drug-likeness (QED) is 0.520. The summed E-state index contributed by atoms with van der Waals surface area (Å²) >= 11 is 0. The van der Waals surface area contributed by atoms with Crippen LogP contribution >= 0.6 is 17.2 Å². The third-order valence-corrected chi connectivity index (χ3v) is 7.37. The highest BCUT2D eigenvalue weighted by Crippen LogP contribution is 2.40. The molecule has 1 N–H and O–H groups in total. The number of rotatable bonds is 9. The van der Waals surface area contributed by atoms with Crippen LogP contribution in [0.5, 0.6) is 0 Å². The topological polar surface area (TPSA) is 32.3 Å². The lowest BCUT2D eigenvalue weighted by Crippen LogP contribution is -2.56. The lowest BCUT2D eigenvalue weighted by molar-refractivity contribution is -0.137. The molecule has 0 saturated heterocycles. The zero-order valence-corrected chi connectivity index (χ0v) is 16.2. The molecule has 2 atom stereocenters. The third-order valence-electron chi connectivity index (χ3n) is 4.53. The molecule has 0 bridgehead atoms. The van der Waals surface area contributed by atoms with Gasteiger partial charge in [-0.05, 0) is 26.4 Å². The Kier molecular flexibility index (Phi) is 8.29. The minimum atomic E-state index is -0.278. The molecule has 0 aliphatic carbocycles. The van der Waals surface area contributed by atoms with Crippen molar-refractivity contribution in [3.05, 3.63) is 12.3 Å². The van der Waals surface area contributed by atoms with E-state index < -0.39 is 0 Å². The molecule has 0 aromatic carbocycles. The Labute approximate surface area is 128 Å². The van der Waals surface area contributed by atoms with Gasteiger partial charge in [-0.1, -0.05) is 35.9 Å². The second-order valence-electron chi connectivity index (χ2n) is 6.10. The van der Waals surface area contributed by atoms with E-state index in [1.54, 1.807) is 0 Å². The van der Waals surface area contributed by atoms with Gasteiger partial charge in [0, 0.05) is 36.4 Å². The van der Waals surface area contributed by atoms with E-state index in [4.69, 9.17) is 0 Å². The van der Waals surface area contributed by atoms with E-state index in [2.05, 4.69) is 46.3 Å². The van der Waals surface area contributed by atoms with Crippen LogP contribution in [0.25, 0.3) is 0 Å². The summed E-state index contributed by atoms with van der Waals surface area (Å²) in [5.41, 5.74) is 0.552. The second kappa shape index (κ2) is 8.35. The minimum Gasteiger partial charge on any atom is -0.385 e. The number of hydrogen-bond donors (Lipinski definition) is 1. The Hall–Kier alpha value is -0.130. The summed E-state index contributed by atoms with van der Waals surface area (Å²) < 4.78 is 0. The molecular formula is C15H32N2OP2. The van der Waals surface area contributed by atoms with Crippen LogP contribution in [0.1, 0.15) is 41.0 Å². The van der Waals surface area contributed by atoms with Gasteiger partial charge < -0.3 is 10.2 Å². The molecule has 0 fully saturated rings. The van der Waals surface area contributed by atoms with Crippen molar-refractivity contribution in [2.24, 2.45) is 5.41 Å². The van der Waals surface area contributed by atoms with Crippen LogP contribution in [0.2, 0.25) is 0 Å². The number of carbonyl (C=O) groups excluding carboxylic acids is 1. The summed E-state index contributed by atoms with van der Waals surface area (Å²) in [7, 11) is 3.85. The minimum absolute atomic E-state index is 0.171. The van der Waals surface area contributed by atoms with Gasteiger partial charge in [-0.3, -0.25) is 4.79 Å². The van der Waals surface area contributed by atoms with Crippen molar-refractivity contribution in [2.75, 3.05) is 25.9 Å². The van der Waals surface area contributed by atoms with Gasteiger partial charge in [0.2, 0.25) is 5.91 Å². The van der Waals surface area contributed by atoms with Crippen molar-refractivity contribution in [3.8, 4) is 0 Å². The van der Waals surface area contributed by atoms with Crippen molar-refractivity contribution in [1.82, 2.24) is 10.2 Å². The maximum Gasteiger partial charge on any atom is 0.222 e. The maximum atomic E-state index is 12.0. The fourth-order valence-corrected chi connectivity index (χ4v) is 3.75. The fraction of sp³-hybridized carbons (Fsp3) is 0.800. The summed E-state index contributed by atoms with van der Waals surface area (Å²) in [6.45, 7) is 16.9. The first-order valence-corrected chi connectivity index (χ1v) is 10.3. The molecule has 0 aromatic heterocycles. The Bertz CT molecular complexity index is 341. The fourth-order valence-electron chi connectivity index (χ4n) is 1.92. The average Bonchev–Trinajstić information content (AvgIpc) is 2.41. The summed E-state index contributed by atoms with van der Waals surface area (Å²) in [5.74, 6) is 1.46. The maximum absolute atomic E-state index is 12.0. The van der Waals surface area contributed by atoms with E-state index in [0.717, 1.165) is 29.1 Å². The zero-order valence-electron chi connectivity index (χ0n) is 14.2. The molecule has 1 amide bonds. The molecule has 5 heteroatoms. The number of carbonyl (C=O) groups is 1. The number of nitrogens with one attached hydrogen (secondary N) is 1. The van der Waals surface area contributed by atoms with E-state index in [1.807, 2.05) is 18.9 Å². The number of amides is 1. The molecule has 0 rings (SSSR count). The first-order chi connectivity index (χ1) is 9.12. The monoisotopic (exact) mass is 318 g/mol. The molecule has 0 aliphatic heterocycles. The third kappa shape index (κ3) is 4.71. The first kappa shape index (κ1) is 19.9. The highest BCUT2D eigenvalue weighted by atomic mass is 31.1. The van der Waals surface area contributed by atoms with Crippen LogP contribution in [-0.4, -0.2) is 42.2 Å². The van der Waals surface area contributed by atoms with E-state index in [0.29, 0.717) is 6.42 Å². The van der Waals surface area contributed by atoms with Crippen LogP contribution in [0.15, 0.2) is 12.3 Å². The van der Waals surface area contributed by atoms with Crippen molar-refractivity contribution in [2.45, 2.75) is 46.6 Å². The Morgan fingerprint density at radius 3 is 2.30 bits per heavy atom. The molecule has 0 saturated carbocycles. The Balaban J connectivity index is 4.82. The molecule has 0 aromatic rings. The van der Waals surface area contributed by atoms with Gasteiger partial charge in [-0.15, -0.1) is 8.58 Å². The van der Waals surface area contributed by atoms with Crippen LogP contribution < -0.4 is 5.32 Å². The standard InChI is InChI=1S/C15H32N2OP2/c1-9-13(18)17(7)15(5,6)14(3,4)12(2)16-10-20-11-19-8/h16,19-20H,2,9-11H2,1,3-8H3. The predicted molar refractivity (Wildman–Crippen MR) is 95.5 cm³/mol. The average molecular weight is 318 g/mol. The lowest BCUT2D eigenvalue weighted by Gasteiger charge is -2.49. The molecule has 118 valence electrons. The normalized spacial score (nSPS) is 13.3. The lowest BCUT2D eigenvalue weighted by atomic mass is 9.71. The summed E-state index contributed by atoms with van der Waals surface area (Å²) in [6, 6.07) is 0. The molecule has 0 radical (unpaired) electrons. The Morgan fingerprint density at radius 1 is 1.30 bits per heavy atom.